The van der Waals surface area contributed by atoms with Crippen LogP contribution in [-0.2, 0) is 6.42 Å². The van der Waals surface area contributed by atoms with Gasteiger partial charge in [0.05, 0.1) is 17.1 Å². The fraction of sp³-hybridized carbons (Fsp3) is 0.320. The van der Waals surface area contributed by atoms with Gasteiger partial charge in [-0.25, -0.2) is 0 Å². The molecule has 30 heavy (non-hydrogen) atoms. The monoisotopic (exact) mass is 416 g/mol. The molecule has 4 aliphatic rings. The minimum Gasteiger partial charge on any atom is -0.366 e. The number of aryl methyl sites for hydroxylation is 1. The van der Waals surface area contributed by atoms with Crippen molar-refractivity contribution in [3.63, 3.8) is 0 Å². The molecule has 4 nitrogen and oxygen atoms in total. The van der Waals surface area contributed by atoms with E-state index in [0.717, 1.165) is 31.7 Å². The standard InChI is InChI=1S/C25H28N4S/c1-18-16-22-23(27-30-18)21-10-6-7-13-26-24(21)25(22)29-15-14-28(2)20(17-29)12-11-19-8-4-3-5-9-19/h3-10,13,16,20,27H,11-12,14-15,17H2,1-2H3/t20-/m0/s1. The Balaban J connectivity index is 1.46. The largest absolute Gasteiger partial charge is 0.366 e. The molecule has 5 heteroatoms. The molecule has 1 N–H and O–H groups in total. The lowest BCUT2D eigenvalue weighted by Crippen LogP contribution is -2.51. The first-order chi connectivity index (χ1) is 14.7. The van der Waals surface area contributed by atoms with Crippen molar-refractivity contribution in [3.05, 3.63) is 70.8 Å². The first kappa shape index (κ1) is 19.5. The highest BCUT2D eigenvalue weighted by Gasteiger charge is 2.32. The van der Waals surface area contributed by atoms with Crippen LogP contribution in [0.2, 0.25) is 0 Å². The Morgan fingerprint density at radius 3 is 2.80 bits per heavy atom. The van der Waals surface area contributed by atoms with E-state index in [2.05, 4.69) is 77.0 Å². The smallest absolute Gasteiger partial charge is 0.0963 e. The van der Waals surface area contributed by atoms with Crippen LogP contribution < -0.4 is 9.62 Å². The second-order valence-corrected chi connectivity index (χ2v) is 9.35. The number of benzene rings is 1. The van der Waals surface area contributed by atoms with Gasteiger partial charge in [-0.05, 0) is 56.5 Å². The van der Waals surface area contributed by atoms with Gasteiger partial charge in [0.1, 0.15) is 0 Å². The van der Waals surface area contributed by atoms with Crippen molar-refractivity contribution >= 4 is 29.4 Å². The summed E-state index contributed by atoms with van der Waals surface area (Å²) < 4.78 is 3.57. The highest BCUT2D eigenvalue weighted by Crippen LogP contribution is 2.50. The van der Waals surface area contributed by atoms with Crippen molar-refractivity contribution in [3.8, 4) is 11.3 Å². The molecule has 5 rings (SSSR count). The van der Waals surface area contributed by atoms with Crippen molar-refractivity contribution < 1.29 is 0 Å². The van der Waals surface area contributed by atoms with Crippen LogP contribution in [0.15, 0.2) is 59.6 Å². The second kappa shape index (κ2) is 8.32. The van der Waals surface area contributed by atoms with Crippen molar-refractivity contribution in [2.24, 2.45) is 0 Å². The minimum atomic E-state index is 0.535. The molecule has 3 heterocycles. The summed E-state index contributed by atoms with van der Waals surface area (Å²) in [6.45, 7) is 5.31. The van der Waals surface area contributed by atoms with Crippen LogP contribution in [0.3, 0.4) is 0 Å². The Labute approximate surface area is 183 Å². The Morgan fingerprint density at radius 1 is 1.10 bits per heavy atom. The van der Waals surface area contributed by atoms with Gasteiger partial charge >= 0.3 is 0 Å². The number of rotatable bonds is 4. The van der Waals surface area contributed by atoms with E-state index < -0.39 is 0 Å². The van der Waals surface area contributed by atoms with Crippen LogP contribution >= 0.6 is 11.9 Å². The summed E-state index contributed by atoms with van der Waals surface area (Å²) in [4.78, 5) is 11.2. The quantitative estimate of drug-likeness (QED) is 0.578. The Hall–Kier alpha value is -2.50. The SMILES string of the molecule is CC1=Cc2c(c3ccccnc-3c2N2CCN(C)[C@@H](CCc3ccccc3)C2)NS1. The second-order valence-electron chi connectivity index (χ2n) is 8.29. The zero-order valence-electron chi connectivity index (χ0n) is 17.6. The highest BCUT2D eigenvalue weighted by atomic mass is 32.2. The number of nitrogens with one attached hydrogen (secondary N) is 1. The fourth-order valence-electron chi connectivity index (χ4n) is 4.62. The van der Waals surface area contributed by atoms with Gasteiger partial charge in [0, 0.05) is 47.9 Å². The van der Waals surface area contributed by atoms with Crippen LogP contribution in [0.5, 0.6) is 0 Å². The highest BCUT2D eigenvalue weighted by molar-refractivity contribution is 8.04. The number of anilines is 2. The summed E-state index contributed by atoms with van der Waals surface area (Å²) in [5.74, 6) is 0. The Morgan fingerprint density at radius 2 is 1.93 bits per heavy atom. The Bertz CT molecular complexity index is 1030. The number of hydrogen-bond donors (Lipinski definition) is 1. The maximum Gasteiger partial charge on any atom is 0.0963 e. The third-order valence-corrected chi connectivity index (χ3v) is 7.05. The molecule has 0 bridgehead atoms. The molecule has 1 aliphatic carbocycles. The first-order valence-electron chi connectivity index (χ1n) is 10.7. The molecule has 0 unspecified atom stereocenters. The van der Waals surface area contributed by atoms with E-state index in [-0.39, 0.29) is 0 Å². The average Bonchev–Trinajstić information content (AvgIpc) is 2.90. The molecular weight excluding hydrogens is 388 g/mol. The summed E-state index contributed by atoms with van der Waals surface area (Å²) in [6.07, 6.45) is 6.53. The van der Waals surface area contributed by atoms with Gasteiger partial charge in [-0.2, -0.15) is 0 Å². The van der Waals surface area contributed by atoms with Gasteiger partial charge < -0.3 is 9.62 Å². The molecule has 1 atom stereocenters. The summed E-state index contributed by atoms with van der Waals surface area (Å²) >= 11 is 1.70. The van der Waals surface area contributed by atoms with E-state index in [1.165, 1.54) is 39.4 Å². The van der Waals surface area contributed by atoms with Gasteiger partial charge in [-0.1, -0.05) is 42.5 Å². The van der Waals surface area contributed by atoms with E-state index in [1.807, 2.05) is 12.3 Å². The molecule has 0 saturated carbocycles. The van der Waals surface area contributed by atoms with Crippen molar-refractivity contribution in [2.45, 2.75) is 25.8 Å². The maximum absolute atomic E-state index is 4.85. The predicted molar refractivity (Wildman–Crippen MR) is 129 cm³/mol. The van der Waals surface area contributed by atoms with Crippen LogP contribution in [0.4, 0.5) is 11.4 Å². The van der Waals surface area contributed by atoms with E-state index in [1.54, 1.807) is 11.9 Å². The van der Waals surface area contributed by atoms with E-state index in [4.69, 9.17) is 4.98 Å². The summed E-state index contributed by atoms with van der Waals surface area (Å²) in [6, 6.07) is 17.7. The number of piperazine rings is 1. The molecule has 0 spiro atoms. The van der Waals surface area contributed by atoms with E-state index in [9.17, 15) is 0 Å². The zero-order chi connectivity index (χ0) is 20.5. The molecule has 1 aromatic carbocycles. The van der Waals surface area contributed by atoms with Crippen molar-refractivity contribution in [1.29, 1.82) is 0 Å². The van der Waals surface area contributed by atoms with Gasteiger partial charge in [-0.15, -0.1) is 0 Å². The van der Waals surface area contributed by atoms with Gasteiger partial charge in [0.2, 0.25) is 0 Å². The minimum absolute atomic E-state index is 0.535. The third kappa shape index (κ3) is 3.68. The fourth-order valence-corrected chi connectivity index (χ4v) is 5.28. The molecule has 1 saturated heterocycles. The summed E-state index contributed by atoms with van der Waals surface area (Å²) in [5.41, 5.74) is 7.54. The number of allylic oxidation sites excluding steroid dienone is 1. The van der Waals surface area contributed by atoms with Gasteiger partial charge in [0.25, 0.3) is 0 Å². The van der Waals surface area contributed by atoms with Crippen molar-refractivity contribution in [2.75, 3.05) is 36.3 Å². The molecule has 3 aliphatic heterocycles. The van der Waals surface area contributed by atoms with Crippen LogP contribution in [0, 0.1) is 0 Å². The number of hydrogen-bond acceptors (Lipinski definition) is 5. The molecule has 0 amide bonds. The Kier molecular flexibility index (Phi) is 5.40. The number of nitrogens with zero attached hydrogens (tertiary/aromatic N) is 3. The van der Waals surface area contributed by atoms with Gasteiger partial charge in [-0.3, -0.25) is 9.88 Å². The lowest BCUT2D eigenvalue weighted by molar-refractivity contribution is 0.208. The number of fused-ring (bicyclic) bond motifs is 3. The molecule has 1 aromatic rings. The first-order valence-corrected chi connectivity index (χ1v) is 11.5. The lowest BCUT2D eigenvalue weighted by Gasteiger charge is -2.41. The van der Waals surface area contributed by atoms with Crippen molar-refractivity contribution in [1.82, 2.24) is 9.88 Å². The third-order valence-electron chi connectivity index (χ3n) is 6.30. The maximum atomic E-state index is 4.85. The topological polar surface area (TPSA) is 31.4 Å². The van der Waals surface area contributed by atoms with Gasteiger partial charge in [0.15, 0.2) is 0 Å². The summed E-state index contributed by atoms with van der Waals surface area (Å²) in [7, 11) is 2.27. The zero-order valence-corrected chi connectivity index (χ0v) is 18.5. The number of likely N-dealkylation sites (N-methyl/N-ethyl adjacent to an activating group) is 1. The normalized spacial score (nSPS) is 19.3. The predicted octanol–water partition coefficient (Wildman–Crippen LogP) is 5.37. The van der Waals surface area contributed by atoms with E-state index >= 15 is 0 Å². The lowest BCUT2D eigenvalue weighted by atomic mass is 10.0. The molecular formula is C25H28N4S. The number of aromatic nitrogens is 1. The van der Waals surface area contributed by atoms with Crippen LogP contribution in [0.1, 0.15) is 24.5 Å². The van der Waals surface area contributed by atoms with E-state index in [0.29, 0.717) is 6.04 Å². The molecule has 154 valence electrons. The van der Waals surface area contributed by atoms with Crippen LogP contribution in [0.25, 0.3) is 17.3 Å². The summed E-state index contributed by atoms with van der Waals surface area (Å²) in [5, 5.41) is 0. The van der Waals surface area contributed by atoms with Crippen LogP contribution in [-0.4, -0.2) is 42.6 Å². The average molecular weight is 417 g/mol. The molecule has 0 aromatic heterocycles. The molecule has 1 fully saturated rings. The molecule has 0 radical (unpaired) electrons.